The molecular formula is C11H12BrN3O3S. The third-order valence-corrected chi connectivity index (χ3v) is 4.07. The maximum absolute atomic E-state index is 12.1. The van der Waals surface area contributed by atoms with Crippen molar-refractivity contribution in [3.63, 3.8) is 0 Å². The third kappa shape index (κ3) is 3.32. The Hall–Kier alpha value is -1.41. The summed E-state index contributed by atoms with van der Waals surface area (Å²) in [5.74, 6) is 0.420. The molecule has 2 aromatic rings. The number of rotatable bonds is 4. The molecule has 0 radical (unpaired) electrons. The van der Waals surface area contributed by atoms with Crippen LogP contribution in [-0.2, 0) is 10.0 Å². The van der Waals surface area contributed by atoms with Gasteiger partial charge >= 0.3 is 6.01 Å². The maximum atomic E-state index is 12.1. The van der Waals surface area contributed by atoms with Gasteiger partial charge in [-0.05, 0) is 18.2 Å². The van der Waals surface area contributed by atoms with E-state index in [1.807, 2.05) is 13.8 Å². The van der Waals surface area contributed by atoms with Gasteiger partial charge < -0.3 is 4.42 Å². The number of hydrogen-bond acceptors (Lipinski definition) is 5. The molecule has 0 aliphatic heterocycles. The molecule has 0 bridgehead atoms. The van der Waals surface area contributed by atoms with Crippen LogP contribution < -0.4 is 4.72 Å². The van der Waals surface area contributed by atoms with Crippen LogP contribution in [0.1, 0.15) is 25.7 Å². The summed E-state index contributed by atoms with van der Waals surface area (Å²) in [4.78, 5) is 0.117. The Bertz CT molecular complexity index is 682. The molecule has 8 heteroatoms. The molecule has 6 nitrogen and oxygen atoms in total. The topological polar surface area (TPSA) is 85.1 Å². The molecule has 2 rings (SSSR count). The van der Waals surface area contributed by atoms with Crippen molar-refractivity contribution in [3.8, 4) is 0 Å². The first-order valence-electron chi connectivity index (χ1n) is 5.50. The molecule has 102 valence electrons. The van der Waals surface area contributed by atoms with Crippen molar-refractivity contribution < 1.29 is 12.8 Å². The van der Waals surface area contributed by atoms with Crippen LogP contribution in [0.5, 0.6) is 0 Å². The Balaban J connectivity index is 2.26. The summed E-state index contributed by atoms with van der Waals surface area (Å²) in [6.07, 6.45) is 0. The van der Waals surface area contributed by atoms with Crippen molar-refractivity contribution in [2.24, 2.45) is 0 Å². The fourth-order valence-electron chi connectivity index (χ4n) is 1.32. The summed E-state index contributed by atoms with van der Waals surface area (Å²) >= 11 is 3.22. The summed E-state index contributed by atoms with van der Waals surface area (Å²) in [6, 6.07) is 6.20. The molecule has 1 aromatic carbocycles. The lowest BCUT2D eigenvalue weighted by Gasteiger charge is -2.04. The van der Waals surface area contributed by atoms with E-state index < -0.39 is 10.0 Å². The van der Waals surface area contributed by atoms with Crippen molar-refractivity contribution in [1.29, 1.82) is 0 Å². The van der Waals surface area contributed by atoms with E-state index in [2.05, 4.69) is 30.8 Å². The Kier molecular flexibility index (Phi) is 3.91. The van der Waals surface area contributed by atoms with Gasteiger partial charge in [0.15, 0.2) is 0 Å². The highest BCUT2D eigenvalue weighted by Gasteiger charge is 2.18. The highest BCUT2D eigenvalue weighted by molar-refractivity contribution is 9.10. The quantitative estimate of drug-likeness (QED) is 0.920. The number of halogens is 1. The van der Waals surface area contributed by atoms with Gasteiger partial charge in [0.25, 0.3) is 10.0 Å². The van der Waals surface area contributed by atoms with E-state index in [4.69, 9.17) is 4.42 Å². The molecule has 1 aromatic heterocycles. The van der Waals surface area contributed by atoms with Crippen molar-refractivity contribution in [3.05, 3.63) is 34.6 Å². The second-order valence-electron chi connectivity index (χ2n) is 4.16. The second-order valence-corrected chi connectivity index (χ2v) is 6.76. The lowest BCUT2D eigenvalue weighted by molar-refractivity contribution is 0.483. The third-order valence-electron chi connectivity index (χ3n) is 2.26. The fourth-order valence-corrected chi connectivity index (χ4v) is 2.84. The van der Waals surface area contributed by atoms with Crippen LogP contribution in [0.15, 0.2) is 38.1 Å². The van der Waals surface area contributed by atoms with E-state index in [9.17, 15) is 8.42 Å². The van der Waals surface area contributed by atoms with Crippen molar-refractivity contribution >= 4 is 32.0 Å². The van der Waals surface area contributed by atoms with Gasteiger partial charge in [-0.2, -0.15) is 0 Å². The van der Waals surface area contributed by atoms with E-state index in [1.54, 1.807) is 12.1 Å². The van der Waals surface area contributed by atoms with Gasteiger partial charge in [-0.1, -0.05) is 40.9 Å². The monoisotopic (exact) mass is 345 g/mol. The van der Waals surface area contributed by atoms with Gasteiger partial charge in [-0.25, -0.2) is 13.1 Å². The summed E-state index contributed by atoms with van der Waals surface area (Å²) in [7, 11) is -3.72. The molecule has 1 N–H and O–H groups in total. The molecule has 19 heavy (non-hydrogen) atoms. The zero-order valence-electron chi connectivity index (χ0n) is 10.3. The van der Waals surface area contributed by atoms with Crippen LogP contribution >= 0.6 is 15.9 Å². The number of sulfonamides is 1. The molecule has 0 aliphatic rings. The highest BCUT2D eigenvalue weighted by atomic mass is 79.9. The molecule has 0 spiro atoms. The van der Waals surface area contributed by atoms with E-state index in [1.165, 1.54) is 12.1 Å². The summed E-state index contributed by atoms with van der Waals surface area (Å²) in [5.41, 5.74) is 0. The van der Waals surface area contributed by atoms with E-state index in [0.717, 1.165) is 0 Å². The summed E-state index contributed by atoms with van der Waals surface area (Å²) < 4.78 is 32.3. The van der Waals surface area contributed by atoms with Crippen LogP contribution in [0, 0.1) is 0 Å². The first-order valence-corrected chi connectivity index (χ1v) is 7.78. The second kappa shape index (κ2) is 5.30. The first-order chi connectivity index (χ1) is 8.88. The molecule has 0 saturated carbocycles. The van der Waals surface area contributed by atoms with Crippen LogP contribution in [-0.4, -0.2) is 18.6 Å². The van der Waals surface area contributed by atoms with Crippen molar-refractivity contribution in [1.82, 2.24) is 10.2 Å². The van der Waals surface area contributed by atoms with E-state index >= 15 is 0 Å². The van der Waals surface area contributed by atoms with E-state index in [-0.39, 0.29) is 16.8 Å². The molecule has 0 atom stereocenters. The SMILES string of the molecule is CC(C)c1nnc(NS(=O)(=O)c2cccc(Br)c2)o1. The smallest absolute Gasteiger partial charge is 0.329 e. The van der Waals surface area contributed by atoms with Gasteiger partial charge in [0.2, 0.25) is 5.89 Å². The Morgan fingerprint density at radius 3 is 2.63 bits per heavy atom. The predicted molar refractivity (Wildman–Crippen MR) is 73.3 cm³/mol. The van der Waals surface area contributed by atoms with Crippen LogP contribution in [0.4, 0.5) is 6.01 Å². The number of nitrogens with zero attached hydrogens (tertiary/aromatic N) is 2. The Morgan fingerprint density at radius 2 is 2.05 bits per heavy atom. The standard InChI is InChI=1S/C11H12BrN3O3S/c1-7(2)10-13-14-11(18-10)15-19(16,17)9-5-3-4-8(12)6-9/h3-7H,1-2H3,(H,14,15). The van der Waals surface area contributed by atoms with Crippen LogP contribution in [0.3, 0.4) is 0 Å². The molecule has 1 heterocycles. The van der Waals surface area contributed by atoms with E-state index in [0.29, 0.717) is 10.4 Å². The number of nitrogens with one attached hydrogen (secondary N) is 1. The zero-order valence-corrected chi connectivity index (χ0v) is 12.7. The van der Waals surface area contributed by atoms with Gasteiger partial charge in [0.05, 0.1) is 4.90 Å². The minimum atomic E-state index is -3.72. The molecule has 0 unspecified atom stereocenters. The van der Waals surface area contributed by atoms with Crippen molar-refractivity contribution in [2.75, 3.05) is 4.72 Å². The van der Waals surface area contributed by atoms with Crippen LogP contribution in [0.2, 0.25) is 0 Å². The number of hydrogen-bond donors (Lipinski definition) is 1. The lowest BCUT2D eigenvalue weighted by Crippen LogP contribution is -2.13. The average Bonchev–Trinajstić information content (AvgIpc) is 2.77. The normalized spacial score (nSPS) is 11.8. The fraction of sp³-hybridized carbons (Fsp3) is 0.273. The minimum Gasteiger partial charge on any atom is -0.407 e. The van der Waals surface area contributed by atoms with Crippen molar-refractivity contribution in [2.45, 2.75) is 24.7 Å². The molecular weight excluding hydrogens is 334 g/mol. The Morgan fingerprint density at radius 1 is 1.32 bits per heavy atom. The van der Waals surface area contributed by atoms with Gasteiger partial charge in [0, 0.05) is 10.4 Å². The van der Waals surface area contributed by atoms with Gasteiger partial charge in [0.1, 0.15) is 0 Å². The largest absolute Gasteiger partial charge is 0.407 e. The highest BCUT2D eigenvalue weighted by Crippen LogP contribution is 2.20. The van der Waals surface area contributed by atoms with Gasteiger partial charge in [-0.15, -0.1) is 5.10 Å². The number of aromatic nitrogens is 2. The first kappa shape index (κ1) is 14.0. The predicted octanol–water partition coefficient (Wildman–Crippen LogP) is 2.76. The minimum absolute atomic E-state index is 0.0385. The number of benzene rings is 1. The lowest BCUT2D eigenvalue weighted by atomic mass is 10.2. The number of anilines is 1. The zero-order chi connectivity index (χ0) is 14.0. The van der Waals surface area contributed by atoms with Crippen LogP contribution in [0.25, 0.3) is 0 Å². The summed E-state index contributed by atoms with van der Waals surface area (Å²) in [6.45, 7) is 3.75. The van der Waals surface area contributed by atoms with Gasteiger partial charge in [-0.3, -0.25) is 0 Å². The molecule has 0 aliphatic carbocycles. The molecule has 0 amide bonds. The molecule has 0 fully saturated rings. The molecule has 0 saturated heterocycles. The maximum Gasteiger partial charge on any atom is 0.329 e. The average molecular weight is 346 g/mol. The Labute approximate surface area is 119 Å². The summed E-state index contributed by atoms with van der Waals surface area (Å²) in [5, 5.41) is 7.41.